The molecule has 0 fully saturated rings. The van der Waals surface area contributed by atoms with E-state index >= 15 is 0 Å². The molecule has 7 heteroatoms. The first-order chi connectivity index (χ1) is 8.24. The molecule has 2 N–H and O–H groups in total. The highest BCUT2D eigenvalue weighted by molar-refractivity contribution is 7.14. The van der Waals surface area contributed by atoms with Gasteiger partial charge < -0.3 is 5.32 Å². The fraction of sp³-hybridized carbons (Fsp3) is 0.200. The van der Waals surface area contributed by atoms with Gasteiger partial charge in [-0.1, -0.05) is 6.92 Å². The minimum absolute atomic E-state index is 0.0825. The molecule has 0 aliphatic carbocycles. The molecule has 0 spiro atoms. The molecule has 0 atom stereocenters. The van der Waals surface area contributed by atoms with Crippen molar-refractivity contribution in [3.63, 3.8) is 0 Å². The van der Waals surface area contributed by atoms with E-state index in [0.29, 0.717) is 22.8 Å². The highest BCUT2D eigenvalue weighted by Crippen LogP contribution is 2.22. The van der Waals surface area contributed by atoms with E-state index in [2.05, 4.69) is 20.5 Å². The summed E-state index contributed by atoms with van der Waals surface area (Å²) in [5.74, 6) is 0.320. The van der Waals surface area contributed by atoms with Crippen LogP contribution >= 0.6 is 11.3 Å². The normalized spacial score (nSPS) is 9.88. The van der Waals surface area contributed by atoms with Crippen LogP contribution in [-0.2, 0) is 6.42 Å². The number of carbonyl (C=O) groups is 1. The number of nitrogens with zero attached hydrogens (tertiary/aromatic N) is 3. The predicted octanol–water partition coefficient (Wildman–Crippen LogP) is 1.55. The van der Waals surface area contributed by atoms with Crippen molar-refractivity contribution in [1.29, 1.82) is 5.26 Å². The summed E-state index contributed by atoms with van der Waals surface area (Å²) in [7, 11) is 0. The van der Waals surface area contributed by atoms with E-state index < -0.39 is 5.91 Å². The molecule has 0 saturated carbocycles. The summed E-state index contributed by atoms with van der Waals surface area (Å²) in [6.45, 7) is 1.91. The van der Waals surface area contributed by atoms with Crippen LogP contribution in [0.5, 0.6) is 0 Å². The Morgan fingerprint density at radius 2 is 2.53 bits per heavy atom. The van der Waals surface area contributed by atoms with Crippen LogP contribution in [0.25, 0.3) is 0 Å². The number of carbonyl (C=O) groups excluding carboxylic acids is 1. The fourth-order valence-corrected chi connectivity index (χ4v) is 1.94. The Morgan fingerprint density at radius 1 is 1.71 bits per heavy atom. The molecular formula is C10H9N5OS. The molecule has 2 heterocycles. The lowest BCUT2D eigenvalue weighted by Crippen LogP contribution is -2.13. The van der Waals surface area contributed by atoms with E-state index in [1.54, 1.807) is 11.4 Å². The SMILES string of the molecule is CCc1nc(C(=O)Nc2sccc2C#N)n[nH]1. The molecule has 86 valence electrons. The molecule has 0 aliphatic rings. The van der Waals surface area contributed by atoms with Gasteiger partial charge in [0.25, 0.3) is 5.91 Å². The Labute approximate surface area is 101 Å². The topological polar surface area (TPSA) is 94.5 Å². The van der Waals surface area contributed by atoms with Crippen LogP contribution < -0.4 is 5.32 Å². The largest absolute Gasteiger partial charge is 0.310 e. The molecule has 0 radical (unpaired) electrons. The van der Waals surface area contributed by atoms with E-state index in [1.807, 2.05) is 13.0 Å². The van der Waals surface area contributed by atoms with E-state index in [-0.39, 0.29) is 5.82 Å². The molecule has 0 bridgehead atoms. The zero-order valence-corrected chi connectivity index (χ0v) is 9.84. The van der Waals surface area contributed by atoms with E-state index in [0.717, 1.165) is 0 Å². The van der Waals surface area contributed by atoms with Crippen LogP contribution in [0.2, 0.25) is 0 Å². The van der Waals surface area contributed by atoms with Gasteiger partial charge in [-0.2, -0.15) is 5.26 Å². The summed E-state index contributed by atoms with van der Waals surface area (Å²) < 4.78 is 0. The van der Waals surface area contributed by atoms with Crippen LogP contribution in [0.3, 0.4) is 0 Å². The number of hydrogen-bond donors (Lipinski definition) is 2. The second kappa shape index (κ2) is 4.76. The van der Waals surface area contributed by atoms with Crippen LogP contribution in [0.4, 0.5) is 5.00 Å². The number of amides is 1. The average Bonchev–Trinajstić information content (AvgIpc) is 2.96. The number of hydrogen-bond acceptors (Lipinski definition) is 5. The number of nitriles is 1. The number of nitrogens with one attached hydrogen (secondary N) is 2. The smallest absolute Gasteiger partial charge is 0.295 e. The van der Waals surface area contributed by atoms with Crippen molar-refractivity contribution < 1.29 is 4.79 Å². The highest BCUT2D eigenvalue weighted by atomic mass is 32.1. The summed E-state index contributed by atoms with van der Waals surface area (Å²) in [6, 6.07) is 3.64. The molecule has 2 aromatic heterocycles. The Morgan fingerprint density at radius 3 is 3.18 bits per heavy atom. The summed E-state index contributed by atoms with van der Waals surface area (Å²) in [5, 5.41) is 20.1. The molecule has 1 amide bonds. The van der Waals surface area contributed by atoms with Gasteiger partial charge in [-0.25, -0.2) is 4.98 Å². The number of aromatic nitrogens is 3. The maximum atomic E-state index is 11.8. The van der Waals surface area contributed by atoms with Gasteiger partial charge in [-0.15, -0.1) is 16.4 Å². The molecule has 0 aliphatic heterocycles. The van der Waals surface area contributed by atoms with Crippen molar-refractivity contribution >= 4 is 22.2 Å². The maximum absolute atomic E-state index is 11.8. The van der Waals surface area contributed by atoms with Crippen molar-refractivity contribution in [1.82, 2.24) is 15.2 Å². The highest BCUT2D eigenvalue weighted by Gasteiger charge is 2.14. The minimum atomic E-state index is -0.417. The lowest BCUT2D eigenvalue weighted by atomic mass is 10.3. The molecule has 0 unspecified atom stereocenters. The molecule has 2 aromatic rings. The van der Waals surface area contributed by atoms with Crippen molar-refractivity contribution in [2.24, 2.45) is 0 Å². The Balaban J connectivity index is 2.15. The maximum Gasteiger partial charge on any atom is 0.295 e. The van der Waals surface area contributed by atoms with Crippen molar-refractivity contribution in [3.8, 4) is 6.07 Å². The van der Waals surface area contributed by atoms with Crippen LogP contribution in [0.15, 0.2) is 11.4 Å². The first-order valence-electron chi connectivity index (χ1n) is 4.94. The minimum Gasteiger partial charge on any atom is -0.310 e. The third-order valence-electron chi connectivity index (χ3n) is 2.08. The van der Waals surface area contributed by atoms with Gasteiger partial charge in [-0.3, -0.25) is 9.89 Å². The van der Waals surface area contributed by atoms with Gasteiger partial charge >= 0.3 is 0 Å². The summed E-state index contributed by atoms with van der Waals surface area (Å²) in [4.78, 5) is 15.8. The third-order valence-corrected chi connectivity index (χ3v) is 2.91. The lowest BCUT2D eigenvalue weighted by Gasteiger charge is -1.98. The number of anilines is 1. The first-order valence-corrected chi connectivity index (χ1v) is 5.82. The van der Waals surface area contributed by atoms with Crippen LogP contribution in [0.1, 0.15) is 28.9 Å². The van der Waals surface area contributed by atoms with E-state index in [9.17, 15) is 4.79 Å². The average molecular weight is 247 g/mol. The molecule has 0 saturated heterocycles. The Bertz CT molecular complexity index is 580. The van der Waals surface area contributed by atoms with E-state index in [4.69, 9.17) is 5.26 Å². The zero-order valence-electron chi connectivity index (χ0n) is 9.02. The summed E-state index contributed by atoms with van der Waals surface area (Å²) >= 11 is 1.29. The third kappa shape index (κ3) is 2.32. The van der Waals surface area contributed by atoms with Gasteiger partial charge in [0, 0.05) is 6.42 Å². The Kier molecular flexibility index (Phi) is 3.16. The zero-order chi connectivity index (χ0) is 12.3. The van der Waals surface area contributed by atoms with Gasteiger partial charge in [0.1, 0.15) is 16.9 Å². The summed E-state index contributed by atoms with van der Waals surface area (Å²) in [5.41, 5.74) is 0.439. The van der Waals surface area contributed by atoms with Gasteiger partial charge in [0.2, 0.25) is 5.82 Å². The quantitative estimate of drug-likeness (QED) is 0.860. The van der Waals surface area contributed by atoms with Gasteiger partial charge in [0.15, 0.2) is 0 Å². The molecule has 2 rings (SSSR count). The fourth-order valence-electron chi connectivity index (χ4n) is 1.21. The monoisotopic (exact) mass is 247 g/mol. The van der Waals surface area contributed by atoms with Gasteiger partial charge in [-0.05, 0) is 11.4 Å². The second-order valence-corrected chi connectivity index (χ2v) is 4.10. The number of H-pyrrole nitrogens is 1. The summed E-state index contributed by atoms with van der Waals surface area (Å²) in [6.07, 6.45) is 0.683. The number of aryl methyl sites for hydroxylation is 1. The molecular weight excluding hydrogens is 238 g/mol. The van der Waals surface area contributed by atoms with Crippen molar-refractivity contribution in [2.45, 2.75) is 13.3 Å². The van der Waals surface area contributed by atoms with Gasteiger partial charge in [0.05, 0.1) is 5.56 Å². The lowest BCUT2D eigenvalue weighted by molar-refractivity contribution is 0.101. The van der Waals surface area contributed by atoms with Crippen molar-refractivity contribution in [3.05, 3.63) is 28.7 Å². The molecule has 6 nitrogen and oxygen atoms in total. The van der Waals surface area contributed by atoms with E-state index in [1.165, 1.54) is 11.3 Å². The number of aromatic amines is 1. The predicted molar refractivity (Wildman–Crippen MR) is 62.7 cm³/mol. The molecule has 17 heavy (non-hydrogen) atoms. The van der Waals surface area contributed by atoms with Crippen LogP contribution in [0, 0.1) is 11.3 Å². The second-order valence-electron chi connectivity index (χ2n) is 3.19. The Hall–Kier alpha value is -2.20. The van der Waals surface area contributed by atoms with Crippen LogP contribution in [-0.4, -0.2) is 21.1 Å². The number of thiophene rings is 1. The first kappa shape index (κ1) is 11.3. The standard InChI is InChI=1S/C10H9N5OS/c1-2-7-12-8(15-14-7)9(16)13-10-6(5-11)3-4-17-10/h3-4H,2H2,1H3,(H,13,16)(H,12,14,15). The van der Waals surface area contributed by atoms with Crippen molar-refractivity contribution in [2.75, 3.05) is 5.32 Å². The molecule has 0 aromatic carbocycles. The number of rotatable bonds is 3.